The molecule has 2 aliphatic heterocycles. The van der Waals surface area contributed by atoms with Crippen molar-refractivity contribution in [3.8, 4) is 0 Å². The second kappa shape index (κ2) is 6.62. The van der Waals surface area contributed by atoms with Gasteiger partial charge in [0, 0.05) is 26.4 Å². The van der Waals surface area contributed by atoms with Gasteiger partial charge >= 0.3 is 0 Å². The molecule has 0 saturated heterocycles. The molecule has 2 aliphatic rings. The van der Waals surface area contributed by atoms with Crippen molar-refractivity contribution in [1.82, 2.24) is 0 Å². The second-order valence-corrected chi connectivity index (χ2v) is 10.6. The maximum atomic E-state index is 2.44. The van der Waals surface area contributed by atoms with E-state index in [1.165, 1.54) is 37.0 Å². The molecule has 0 fully saturated rings. The summed E-state index contributed by atoms with van der Waals surface area (Å²) in [6.07, 6.45) is 4.72. The van der Waals surface area contributed by atoms with Gasteiger partial charge in [0.1, 0.15) is 0 Å². The van der Waals surface area contributed by atoms with Crippen LogP contribution in [0.25, 0.3) is 10.5 Å². The summed E-state index contributed by atoms with van der Waals surface area (Å²) < 4.78 is 2.44. The number of aryl methyl sites for hydroxylation is 1. The number of benzene rings is 2. The summed E-state index contributed by atoms with van der Waals surface area (Å²) in [6.45, 7) is 2.14. The summed E-state index contributed by atoms with van der Waals surface area (Å²) in [7, 11) is 1.96. The zero-order chi connectivity index (χ0) is 17.5. The van der Waals surface area contributed by atoms with E-state index in [0.717, 1.165) is 0 Å². The largest absolute Gasteiger partial charge is 0.288 e. The molecule has 3 heterocycles. The van der Waals surface area contributed by atoms with Crippen LogP contribution in [-0.4, -0.2) is 4.86 Å². The van der Waals surface area contributed by atoms with Crippen molar-refractivity contribution in [3.63, 3.8) is 0 Å². The Balaban J connectivity index is 1.60. The predicted molar refractivity (Wildman–Crippen MR) is 121 cm³/mol. The molecule has 0 saturated carbocycles. The van der Waals surface area contributed by atoms with Crippen LogP contribution in [0.5, 0.6) is 0 Å². The van der Waals surface area contributed by atoms with Gasteiger partial charge in [-0.3, -0.25) is 4.31 Å². The molecule has 0 spiro atoms. The third-order valence-corrected chi connectivity index (χ3v) is 9.57. The highest BCUT2D eigenvalue weighted by Gasteiger charge is 2.30. The van der Waals surface area contributed by atoms with Crippen LogP contribution in [0.1, 0.15) is 16.0 Å². The normalized spacial score (nSPS) is 18.7. The number of thiophene rings is 1. The number of nitrogens with zero attached hydrogens (tertiary/aromatic N) is 1. The Morgan fingerprint density at radius 1 is 0.885 bits per heavy atom. The molecule has 0 radical (unpaired) electrons. The maximum absolute atomic E-state index is 2.44. The first-order valence-corrected chi connectivity index (χ1v) is 11.9. The molecule has 1 nitrogen and oxygen atoms in total. The van der Waals surface area contributed by atoms with Gasteiger partial charge in [-0.25, -0.2) is 0 Å². The molecule has 1 unspecified atom stereocenters. The molecule has 2 aromatic carbocycles. The summed E-state index contributed by atoms with van der Waals surface area (Å²) in [4.78, 5) is 4.18. The third kappa shape index (κ3) is 2.78. The average molecular weight is 392 g/mol. The van der Waals surface area contributed by atoms with Gasteiger partial charge in [-0.1, -0.05) is 54.1 Å². The fourth-order valence-electron chi connectivity index (χ4n) is 3.10. The highest BCUT2D eigenvalue weighted by Crippen LogP contribution is 2.57. The topological polar surface area (TPSA) is 3.24 Å². The molecule has 26 heavy (non-hydrogen) atoms. The smallest absolute Gasteiger partial charge is 0.0521 e. The Morgan fingerprint density at radius 3 is 2.42 bits per heavy atom. The van der Waals surface area contributed by atoms with Crippen LogP contribution in [0, 0.1) is 6.92 Å². The van der Waals surface area contributed by atoms with Crippen LogP contribution in [0.3, 0.4) is 0 Å². The van der Waals surface area contributed by atoms with Crippen molar-refractivity contribution < 1.29 is 0 Å². The zero-order valence-corrected chi connectivity index (χ0v) is 16.7. The monoisotopic (exact) mass is 391 g/mol. The van der Waals surface area contributed by atoms with Crippen molar-refractivity contribution in [2.75, 3.05) is 4.31 Å². The lowest BCUT2D eigenvalue weighted by atomic mass is 10.0. The van der Waals surface area contributed by atoms with Crippen LogP contribution < -0.4 is 4.31 Å². The number of allylic oxidation sites excluding steroid dienone is 2. The van der Waals surface area contributed by atoms with Crippen LogP contribution in [0.2, 0.25) is 0 Å². The molecule has 0 N–H and O–H groups in total. The minimum Gasteiger partial charge on any atom is -0.288 e. The molecule has 128 valence electrons. The van der Waals surface area contributed by atoms with Gasteiger partial charge < -0.3 is 0 Å². The van der Waals surface area contributed by atoms with E-state index in [1.54, 1.807) is 0 Å². The van der Waals surface area contributed by atoms with Crippen molar-refractivity contribution in [2.45, 2.75) is 6.92 Å². The first-order valence-electron chi connectivity index (χ1n) is 8.48. The van der Waals surface area contributed by atoms with E-state index in [9.17, 15) is 0 Å². The van der Waals surface area contributed by atoms with Gasteiger partial charge in [-0.2, -0.15) is 0 Å². The van der Waals surface area contributed by atoms with Crippen molar-refractivity contribution in [2.24, 2.45) is 0 Å². The standard InChI is InChI=1S/C22H17NS3/c1-16-9-11-18(12-10-16)23-15-19(17-6-3-2-4-7-17)22-14-21(25-26(22)23)20-8-5-13-24-20/h2-15H,1H3. The summed E-state index contributed by atoms with van der Waals surface area (Å²) in [6, 6.07) is 23.9. The van der Waals surface area contributed by atoms with Crippen LogP contribution in [-0.2, 0) is 0 Å². The number of anilines is 1. The number of hydrogen-bond donors (Lipinski definition) is 0. The first-order chi connectivity index (χ1) is 12.8. The van der Waals surface area contributed by atoms with E-state index in [4.69, 9.17) is 0 Å². The van der Waals surface area contributed by atoms with Crippen molar-refractivity contribution >= 4 is 52.9 Å². The average Bonchev–Trinajstić information content (AvgIpc) is 3.39. The Hall–Kier alpha value is -2.01. The first kappa shape index (κ1) is 16.2. The van der Waals surface area contributed by atoms with Gasteiger partial charge in [0.15, 0.2) is 0 Å². The molecular formula is C22H17NS3. The highest BCUT2D eigenvalue weighted by molar-refractivity contribution is 8.88. The Morgan fingerprint density at radius 2 is 1.69 bits per heavy atom. The highest BCUT2D eigenvalue weighted by atomic mass is 33.1. The molecule has 3 aromatic rings. The SMILES string of the molecule is Cc1ccc(N2C=C(c3ccccc3)C3=S2SC(c2cccs2)=C3)cc1. The summed E-state index contributed by atoms with van der Waals surface area (Å²) >= 11 is 1.82. The molecule has 4 heteroatoms. The van der Waals surface area contributed by atoms with E-state index in [-0.39, 0.29) is 9.70 Å². The van der Waals surface area contributed by atoms with Gasteiger partial charge in [0.05, 0.1) is 5.69 Å². The van der Waals surface area contributed by atoms with Gasteiger partial charge in [-0.05, 0) is 62.6 Å². The molecule has 0 bridgehead atoms. The minimum absolute atomic E-state index is 0.0204. The summed E-state index contributed by atoms with van der Waals surface area (Å²) in [5.41, 5.74) is 5.19. The number of rotatable bonds is 3. The van der Waals surface area contributed by atoms with Gasteiger partial charge in [-0.15, -0.1) is 11.3 Å². The molecule has 1 atom stereocenters. The van der Waals surface area contributed by atoms with E-state index in [1.807, 2.05) is 22.1 Å². The van der Waals surface area contributed by atoms with E-state index in [2.05, 4.69) is 95.6 Å². The molecule has 0 amide bonds. The zero-order valence-electron chi connectivity index (χ0n) is 14.3. The fraction of sp³-hybridized carbons (Fsp3) is 0.0455. The lowest BCUT2D eigenvalue weighted by Gasteiger charge is -2.20. The van der Waals surface area contributed by atoms with Crippen LogP contribution >= 0.6 is 31.8 Å². The van der Waals surface area contributed by atoms with Crippen molar-refractivity contribution in [1.29, 1.82) is 0 Å². The number of hydrogen-bond acceptors (Lipinski definition) is 3. The maximum Gasteiger partial charge on any atom is 0.0521 e. The Kier molecular flexibility index (Phi) is 4.12. The lowest BCUT2D eigenvalue weighted by Crippen LogP contribution is -2.03. The summed E-state index contributed by atoms with van der Waals surface area (Å²) in [5, 5.41) is 2.16. The van der Waals surface area contributed by atoms with E-state index >= 15 is 0 Å². The molecule has 0 aliphatic carbocycles. The third-order valence-electron chi connectivity index (χ3n) is 4.45. The minimum atomic E-state index is -0.0204. The van der Waals surface area contributed by atoms with Gasteiger partial charge in [0.2, 0.25) is 0 Å². The Bertz CT molecular complexity index is 1040. The Labute approximate surface area is 164 Å². The fourth-order valence-corrected chi connectivity index (χ4v) is 8.43. The van der Waals surface area contributed by atoms with Gasteiger partial charge in [0.25, 0.3) is 0 Å². The quantitative estimate of drug-likeness (QED) is 0.350. The molecule has 1 aromatic heterocycles. The molecular weight excluding hydrogens is 374 g/mol. The predicted octanol–water partition coefficient (Wildman–Crippen LogP) is 6.98. The second-order valence-electron chi connectivity index (χ2n) is 6.25. The van der Waals surface area contributed by atoms with E-state index in [0.29, 0.717) is 0 Å². The van der Waals surface area contributed by atoms with Crippen LogP contribution in [0.15, 0.2) is 84.4 Å². The lowest BCUT2D eigenvalue weighted by molar-refractivity contribution is 1.41. The van der Waals surface area contributed by atoms with Crippen LogP contribution in [0.4, 0.5) is 5.69 Å². The molecule has 5 rings (SSSR count). The van der Waals surface area contributed by atoms with E-state index < -0.39 is 0 Å². The summed E-state index contributed by atoms with van der Waals surface area (Å²) in [5.74, 6) is 0. The van der Waals surface area contributed by atoms with Crippen molar-refractivity contribution in [3.05, 3.63) is 100 Å².